The Balaban J connectivity index is 1.89. The van der Waals surface area contributed by atoms with Crippen LogP contribution in [0, 0.1) is 11.8 Å². The van der Waals surface area contributed by atoms with Gasteiger partial charge in [0.2, 0.25) is 0 Å². The molecule has 4 heteroatoms. The van der Waals surface area contributed by atoms with Crippen molar-refractivity contribution in [1.29, 1.82) is 0 Å². The molecule has 116 valence electrons. The highest BCUT2D eigenvalue weighted by Gasteiger charge is 2.42. The first-order valence-corrected chi connectivity index (χ1v) is 7.94. The molecule has 2 fully saturated rings. The SMILES string of the molecule is CC(C)(C)c1cc(CO)cc(N2CC3CCC(O)C3C2)n1. The van der Waals surface area contributed by atoms with Crippen LogP contribution in [0.5, 0.6) is 0 Å². The Hall–Kier alpha value is -1.13. The highest BCUT2D eigenvalue weighted by molar-refractivity contribution is 5.45. The number of fused-ring (bicyclic) bond motifs is 1. The molecule has 0 amide bonds. The second-order valence-electron chi connectivity index (χ2n) is 7.60. The first-order valence-electron chi connectivity index (χ1n) is 7.94. The quantitative estimate of drug-likeness (QED) is 0.875. The Morgan fingerprint density at radius 3 is 2.62 bits per heavy atom. The highest BCUT2D eigenvalue weighted by atomic mass is 16.3. The van der Waals surface area contributed by atoms with Crippen molar-refractivity contribution >= 4 is 5.82 Å². The molecule has 1 aliphatic heterocycles. The maximum Gasteiger partial charge on any atom is 0.129 e. The largest absolute Gasteiger partial charge is 0.393 e. The van der Waals surface area contributed by atoms with E-state index in [0.717, 1.165) is 43.0 Å². The summed E-state index contributed by atoms with van der Waals surface area (Å²) in [6.45, 7) is 8.33. The molecular formula is C17H26N2O2. The summed E-state index contributed by atoms with van der Waals surface area (Å²) in [7, 11) is 0. The molecule has 1 aromatic heterocycles. The van der Waals surface area contributed by atoms with E-state index in [1.54, 1.807) is 0 Å². The molecule has 2 heterocycles. The summed E-state index contributed by atoms with van der Waals surface area (Å²) in [5, 5.41) is 19.6. The summed E-state index contributed by atoms with van der Waals surface area (Å²) in [5.41, 5.74) is 1.90. The fourth-order valence-electron chi connectivity index (χ4n) is 3.63. The Morgan fingerprint density at radius 2 is 2.00 bits per heavy atom. The van der Waals surface area contributed by atoms with Crippen LogP contribution < -0.4 is 4.90 Å². The average Bonchev–Trinajstić information content (AvgIpc) is 3.00. The minimum absolute atomic E-state index is 0.0327. The molecule has 3 unspecified atom stereocenters. The van der Waals surface area contributed by atoms with Gasteiger partial charge >= 0.3 is 0 Å². The van der Waals surface area contributed by atoms with E-state index >= 15 is 0 Å². The minimum atomic E-state index is -0.150. The van der Waals surface area contributed by atoms with Crippen LogP contribution in [0.25, 0.3) is 0 Å². The maximum atomic E-state index is 10.1. The van der Waals surface area contributed by atoms with Crippen molar-refractivity contribution in [3.8, 4) is 0 Å². The van der Waals surface area contributed by atoms with Gasteiger partial charge in [0.25, 0.3) is 0 Å². The van der Waals surface area contributed by atoms with Gasteiger partial charge < -0.3 is 15.1 Å². The van der Waals surface area contributed by atoms with Gasteiger partial charge in [-0.1, -0.05) is 20.8 Å². The maximum absolute atomic E-state index is 10.1. The smallest absolute Gasteiger partial charge is 0.129 e. The fraction of sp³-hybridized carbons (Fsp3) is 0.706. The predicted octanol–water partition coefficient (Wildman–Crippen LogP) is 2.08. The number of pyridine rings is 1. The van der Waals surface area contributed by atoms with Crippen molar-refractivity contribution in [2.24, 2.45) is 11.8 Å². The Morgan fingerprint density at radius 1 is 1.24 bits per heavy atom. The van der Waals surface area contributed by atoms with Crippen molar-refractivity contribution in [3.63, 3.8) is 0 Å². The number of aliphatic hydroxyl groups excluding tert-OH is 2. The van der Waals surface area contributed by atoms with Crippen LogP contribution in [-0.2, 0) is 12.0 Å². The normalized spacial score (nSPS) is 29.0. The lowest BCUT2D eigenvalue weighted by molar-refractivity contribution is 0.133. The lowest BCUT2D eigenvalue weighted by atomic mass is 9.91. The molecule has 3 atom stereocenters. The molecule has 0 spiro atoms. The predicted molar refractivity (Wildman–Crippen MR) is 83.3 cm³/mol. The lowest BCUT2D eigenvalue weighted by Gasteiger charge is -2.24. The van der Waals surface area contributed by atoms with Gasteiger partial charge in [0.1, 0.15) is 5.82 Å². The third kappa shape index (κ3) is 2.79. The van der Waals surface area contributed by atoms with Gasteiger partial charge in [0, 0.05) is 30.1 Å². The molecule has 2 N–H and O–H groups in total. The minimum Gasteiger partial charge on any atom is -0.393 e. The molecule has 3 rings (SSSR count). The van der Waals surface area contributed by atoms with E-state index in [1.807, 2.05) is 12.1 Å². The molecule has 1 saturated carbocycles. The van der Waals surface area contributed by atoms with E-state index in [4.69, 9.17) is 4.98 Å². The van der Waals surface area contributed by atoms with E-state index in [9.17, 15) is 10.2 Å². The van der Waals surface area contributed by atoms with Gasteiger partial charge in [-0.3, -0.25) is 0 Å². The number of aromatic nitrogens is 1. The van der Waals surface area contributed by atoms with Gasteiger partial charge in [-0.2, -0.15) is 0 Å². The Kier molecular flexibility index (Phi) is 3.70. The van der Waals surface area contributed by atoms with Crippen molar-refractivity contribution in [3.05, 3.63) is 23.4 Å². The van der Waals surface area contributed by atoms with Crippen LogP contribution in [0.1, 0.15) is 44.9 Å². The van der Waals surface area contributed by atoms with E-state index in [0.29, 0.717) is 11.8 Å². The Bertz CT molecular complexity index is 524. The summed E-state index contributed by atoms with van der Waals surface area (Å²) in [6.07, 6.45) is 1.91. The van der Waals surface area contributed by atoms with Crippen LogP contribution >= 0.6 is 0 Å². The van der Waals surface area contributed by atoms with Crippen molar-refractivity contribution < 1.29 is 10.2 Å². The van der Waals surface area contributed by atoms with Crippen LogP contribution in [0.15, 0.2) is 12.1 Å². The summed E-state index contributed by atoms with van der Waals surface area (Å²) in [6, 6.07) is 3.98. The first-order chi connectivity index (χ1) is 9.88. The molecule has 1 aliphatic carbocycles. The third-order valence-corrected chi connectivity index (χ3v) is 4.97. The summed E-state index contributed by atoms with van der Waals surface area (Å²) in [4.78, 5) is 7.10. The van der Waals surface area contributed by atoms with E-state index < -0.39 is 0 Å². The zero-order chi connectivity index (χ0) is 15.2. The molecule has 21 heavy (non-hydrogen) atoms. The fourth-order valence-corrected chi connectivity index (χ4v) is 3.63. The van der Waals surface area contributed by atoms with Crippen molar-refractivity contribution in [1.82, 2.24) is 4.98 Å². The molecule has 4 nitrogen and oxygen atoms in total. The molecular weight excluding hydrogens is 264 g/mol. The van der Waals surface area contributed by atoms with Crippen LogP contribution in [-0.4, -0.2) is 34.4 Å². The highest BCUT2D eigenvalue weighted by Crippen LogP contribution is 2.40. The lowest BCUT2D eigenvalue weighted by Crippen LogP contribution is -2.26. The van der Waals surface area contributed by atoms with Crippen molar-refractivity contribution in [2.75, 3.05) is 18.0 Å². The summed E-state index contributed by atoms with van der Waals surface area (Å²) >= 11 is 0. The van der Waals surface area contributed by atoms with Crippen LogP contribution in [0.3, 0.4) is 0 Å². The van der Waals surface area contributed by atoms with Gasteiger partial charge in [-0.25, -0.2) is 4.98 Å². The number of hydrogen-bond acceptors (Lipinski definition) is 4. The Labute approximate surface area is 126 Å². The van der Waals surface area contributed by atoms with E-state index in [-0.39, 0.29) is 18.1 Å². The number of anilines is 1. The van der Waals surface area contributed by atoms with Gasteiger partial charge in [-0.05, 0) is 36.5 Å². The molecule has 0 bridgehead atoms. The van der Waals surface area contributed by atoms with Gasteiger partial charge in [-0.15, -0.1) is 0 Å². The zero-order valence-corrected chi connectivity index (χ0v) is 13.2. The van der Waals surface area contributed by atoms with Gasteiger partial charge in [0.15, 0.2) is 0 Å². The van der Waals surface area contributed by atoms with Gasteiger partial charge in [0.05, 0.1) is 12.7 Å². The number of rotatable bonds is 2. The van der Waals surface area contributed by atoms with Crippen LogP contribution in [0.2, 0.25) is 0 Å². The monoisotopic (exact) mass is 290 g/mol. The topological polar surface area (TPSA) is 56.6 Å². The number of aliphatic hydroxyl groups is 2. The second-order valence-corrected chi connectivity index (χ2v) is 7.60. The summed E-state index contributed by atoms with van der Waals surface area (Å²) in [5.74, 6) is 1.94. The van der Waals surface area contributed by atoms with Crippen molar-refractivity contribution in [2.45, 2.75) is 51.7 Å². The third-order valence-electron chi connectivity index (χ3n) is 4.97. The molecule has 0 radical (unpaired) electrons. The number of nitrogens with zero attached hydrogens (tertiary/aromatic N) is 2. The van der Waals surface area contributed by atoms with E-state index in [1.165, 1.54) is 0 Å². The molecule has 2 aliphatic rings. The van der Waals surface area contributed by atoms with E-state index in [2.05, 4.69) is 25.7 Å². The average molecular weight is 290 g/mol. The molecule has 1 saturated heterocycles. The standard InChI is InChI=1S/C17H26N2O2/c1-17(2,3)15-6-11(10-20)7-16(18-15)19-8-12-4-5-14(21)13(12)9-19/h6-7,12-14,20-21H,4-5,8-10H2,1-3H3. The number of hydrogen-bond donors (Lipinski definition) is 2. The molecule has 1 aromatic rings. The second kappa shape index (κ2) is 5.25. The zero-order valence-electron chi connectivity index (χ0n) is 13.2. The first kappa shape index (κ1) is 14.8. The molecule has 0 aromatic carbocycles. The van der Waals surface area contributed by atoms with Crippen LogP contribution in [0.4, 0.5) is 5.82 Å². The summed E-state index contributed by atoms with van der Waals surface area (Å²) < 4.78 is 0.